The molecule has 0 unspecified atom stereocenters. The van der Waals surface area contributed by atoms with E-state index in [9.17, 15) is 13.2 Å². The zero-order valence-corrected chi connectivity index (χ0v) is 16.0. The lowest BCUT2D eigenvalue weighted by Crippen LogP contribution is -2.34. The lowest BCUT2D eigenvalue weighted by Gasteiger charge is -2.08. The summed E-state index contributed by atoms with van der Waals surface area (Å²) in [4.78, 5) is 16.6. The SMILES string of the molecule is Cc1nc(-c2ccccc2)c(NC(=O)NS(=O)(=O)c2ccc(Cl)cc2)s1. The summed E-state index contributed by atoms with van der Waals surface area (Å²) in [5, 5.41) is 4.19. The average Bonchev–Trinajstić information content (AvgIpc) is 2.95. The summed E-state index contributed by atoms with van der Waals surface area (Å²) in [6, 6.07) is 14.0. The van der Waals surface area contributed by atoms with Crippen LogP contribution in [0.4, 0.5) is 9.80 Å². The van der Waals surface area contributed by atoms with Crippen molar-refractivity contribution >= 4 is 44.0 Å². The Morgan fingerprint density at radius 1 is 1.08 bits per heavy atom. The van der Waals surface area contributed by atoms with Crippen LogP contribution in [0.1, 0.15) is 5.01 Å². The van der Waals surface area contributed by atoms with Crippen LogP contribution in [0.25, 0.3) is 11.3 Å². The third kappa shape index (κ3) is 4.21. The van der Waals surface area contributed by atoms with Gasteiger partial charge < -0.3 is 0 Å². The summed E-state index contributed by atoms with van der Waals surface area (Å²) in [5.74, 6) is 0. The van der Waals surface area contributed by atoms with Crippen molar-refractivity contribution in [3.63, 3.8) is 0 Å². The molecule has 0 saturated carbocycles. The molecular weight excluding hydrogens is 394 g/mol. The van der Waals surface area contributed by atoms with Crippen LogP contribution in [-0.4, -0.2) is 19.4 Å². The first kappa shape index (κ1) is 18.4. The number of amides is 2. The summed E-state index contributed by atoms with van der Waals surface area (Å²) in [6.45, 7) is 1.81. The van der Waals surface area contributed by atoms with Gasteiger partial charge in [0.1, 0.15) is 10.7 Å². The first-order valence-corrected chi connectivity index (χ1v) is 10.1. The monoisotopic (exact) mass is 407 g/mol. The standard InChI is InChI=1S/C17H14ClN3O3S2/c1-11-19-15(12-5-3-2-4-6-12)16(25-11)20-17(22)21-26(23,24)14-9-7-13(18)8-10-14/h2-10H,1H3,(H2,20,21,22). The second-order valence-corrected chi connectivity index (χ2v) is 8.61. The molecule has 3 rings (SSSR count). The zero-order chi connectivity index (χ0) is 18.7. The number of urea groups is 1. The summed E-state index contributed by atoms with van der Waals surface area (Å²) >= 11 is 7.02. The molecule has 26 heavy (non-hydrogen) atoms. The zero-order valence-electron chi connectivity index (χ0n) is 13.6. The number of sulfonamides is 1. The van der Waals surface area contributed by atoms with E-state index in [0.717, 1.165) is 10.6 Å². The van der Waals surface area contributed by atoms with E-state index in [2.05, 4.69) is 10.3 Å². The number of benzene rings is 2. The Bertz CT molecular complexity index is 1030. The van der Waals surface area contributed by atoms with Gasteiger partial charge in [0, 0.05) is 10.6 Å². The van der Waals surface area contributed by atoms with Crippen molar-refractivity contribution < 1.29 is 13.2 Å². The largest absolute Gasteiger partial charge is 0.333 e. The van der Waals surface area contributed by atoms with E-state index in [1.807, 2.05) is 42.0 Å². The molecule has 2 aromatic carbocycles. The number of aryl methyl sites for hydroxylation is 1. The van der Waals surface area contributed by atoms with E-state index >= 15 is 0 Å². The molecule has 0 bridgehead atoms. The predicted octanol–water partition coefficient (Wildman–Crippen LogP) is 4.28. The first-order valence-electron chi connectivity index (χ1n) is 7.47. The Morgan fingerprint density at radius 3 is 2.38 bits per heavy atom. The van der Waals surface area contributed by atoms with Crippen LogP contribution in [-0.2, 0) is 10.0 Å². The molecule has 0 atom stereocenters. The molecule has 2 N–H and O–H groups in total. The van der Waals surface area contributed by atoms with E-state index < -0.39 is 16.1 Å². The highest BCUT2D eigenvalue weighted by Gasteiger charge is 2.20. The van der Waals surface area contributed by atoms with Crippen molar-refractivity contribution in [2.45, 2.75) is 11.8 Å². The smallest absolute Gasteiger partial charge is 0.297 e. The number of rotatable bonds is 4. The summed E-state index contributed by atoms with van der Waals surface area (Å²) < 4.78 is 26.5. The van der Waals surface area contributed by atoms with E-state index in [0.29, 0.717) is 15.7 Å². The van der Waals surface area contributed by atoms with Crippen molar-refractivity contribution in [1.82, 2.24) is 9.71 Å². The number of hydrogen-bond acceptors (Lipinski definition) is 5. The summed E-state index contributed by atoms with van der Waals surface area (Å²) in [5.41, 5.74) is 1.42. The van der Waals surface area contributed by atoms with Gasteiger partial charge in [0.15, 0.2) is 0 Å². The minimum absolute atomic E-state index is 0.0548. The van der Waals surface area contributed by atoms with Crippen LogP contribution in [0.5, 0.6) is 0 Å². The average molecular weight is 408 g/mol. The highest BCUT2D eigenvalue weighted by atomic mass is 35.5. The van der Waals surface area contributed by atoms with Gasteiger partial charge in [-0.15, -0.1) is 11.3 Å². The fraction of sp³-hybridized carbons (Fsp3) is 0.0588. The third-order valence-electron chi connectivity index (χ3n) is 3.36. The van der Waals surface area contributed by atoms with Crippen LogP contribution < -0.4 is 10.0 Å². The molecule has 0 fully saturated rings. The molecule has 0 radical (unpaired) electrons. The molecule has 0 saturated heterocycles. The molecule has 0 aliphatic heterocycles. The number of anilines is 1. The van der Waals surface area contributed by atoms with Gasteiger partial charge in [-0.3, -0.25) is 5.32 Å². The van der Waals surface area contributed by atoms with Crippen molar-refractivity contribution in [3.8, 4) is 11.3 Å². The van der Waals surface area contributed by atoms with Crippen molar-refractivity contribution in [3.05, 3.63) is 64.6 Å². The lowest BCUT2D eigenvalue weighted by molar-refractivity contribution is 0.256. The molecular formula is C17H14ClN3O3S2. The van der Waals surface area contributed by atoms with Crippen molar-refractivity contribution in [1.29, 1.82) is 0 Å². The molecule has 0 spiro atoms. The highest BCUT2D eigenvalue weighted by Crippen LogP contribution is 2.32. The predicted molar refractivity (Wildman–Crippen MR) is 103 cm³/mol. The Hall–Kier alpha value is -2.42. The Kier molecular flexibility index (Phi) is 5.26. The fourth-order valence-corrected chi connectivity index (χ4v) is 4.10. The first-order chi connectivity index (χ1) is 12.3. The molecule has 3 aromatic rings. The van der Waals surface area contributed by atoms with Crippen molar-refractivity contribution in [2.24, 2.45) is 0 Å². The van der Waals surface area contributed by atoms with Gasteiger partial charge in [-0.05, 0) is 31.2 Å². The van der Waals surface area contributed by atoms with Gasteiger partial charge in [-0.1, -0.05) is 41.9 Å². The Balaban J connectivity index is 1.80. The van der Waals surface area contributed by atoms with Gasteiger partial charge >= 0.3 is 6.03 Å². The van der Waals surface area contributed by atoms with E-state index in [4.69, 9.17) is 11.6 Å². The summed E-state index contributed by atoms with van der Waals surface area (Å²) in [6.07, 6.45) is 0. The molecule has 0 aliphatic carbocycles. The second kappa shape index (κ2) is 7.45. The van der Waals surface area contributed by atoms with Crippen LogP contribution in [0.2, 0.25) is 5.02 Å². The van der Waals surface area contributed by atoms with E-state index in [1.54, 1.807) is 0 Å². The molecule has 1 aromatic heterocycles. The van der Waals surface area contributed by atoms with Crippen molar-refractivity contribution in [2.75, 3.05) is 5.32 Å². The molecule has 9 heteroatoms. The second-order valence-electron chi connectivity index (χ2n) is 5.29. The number of hydrogen-bond donors (Lipinski definition) is 2. The molecule has 0 aliphatic rings. The number of halogens is 1. The molecule has 6 nitrogen and oxygen atoms in total. The van der Waals surface area contributed by atoms with E-state index in [-0.39, 0.29) is 4.90 Å². The molecule has 2 amide bonds. The van der Waals surface area contributed by atoms with Crippen LogP contribution in [0.3, 0.4) is 0 Å². The highest BCUT2D eigenvalue weighted by molar-refractivity contribution is 7.90. The number of thiazole rings is 1. The minimum Gasteiger partial charge on any atom is -0.297 e. The van der Waals surface area contributed by atoms with Gasteiger partial charge in [0.2, 0.25) is 0 Å². The number of carbonyl (C=O) groups is 1. The maximum Gasteiger partial charge on any atom is 0.333 e. The molecule has 1 heterocycles. The van der Waals surface area contributed by atoms with Crippen LogP contribution in [0, 0.1) is 6.92 Å². The van der Waals surface area contributed by atoms with Gasteiger partial charge in [-0.25, -0.2) is 22.9 Å². The van der Waals surface area contributed by atoms with Gasteiger partial charge in [-0.2, -0.15) is 0 Å². The van der Waals surface area contributed by atoms with Crippen LogP contribution >= 0.6 is 22.9 Å². The van der Waals surface area contributed by atoms with Crippen LogP contribution in [0.15, 0.2) is 59.5 Å². The number of aromatic nitrogens is 1. The van der Waals surface area contributed by atoms with E-state index in [1.165, 1.54) is 35.6 Å². The maximum atomic E-state index is 12.3. The topological polar surface area (TPSA) is 88.2 Å². The normalized spacial score (nSPS) is 11.2. The number of nitrogens with one attached hydrogen (secondary N) is 2. The molecule has 134 valence electrons. The Morgan fingerprint density at radius 2 is 1.73 bits per heavy atom. The third-order valence-corrected chi connectivity index (χ3v) is 5.84. The Labute approximate surface area is 159 Å². The van der Waals surface area contributed by atoms with Gasteiger partial charge in [0.25, 0.3) is 10.0 Å². The quantitative estimate of drug-likeness (QED) is 0.675. The number of nitrogens with zero attached hydrogens (tertiary/aromatic N) is 1. The minimum atomic E-state index is -4.00. The van der Waals surface area contributed by atoms with Gasteiger partial charge in [0.05, 0.1) is 9.90 Å². The lowest BCUT2D eigenvalue weighted by atomic mass is 10.2. The number of carbonyl (C=O) groups excluding carboxylic acids is 1. The summed E-state index contributed by atoms with van der Waals surface area (Å²) in [7, 11) is -4.00. The fourth-order valence-electron chi connectivity index (χ4n) is 2.23. The maximum absolute atomic E-state index is 12.3.